The molecule has 2 aromatic carbocycles. The Morgan fingerprint density at radius 2 is 1.82 bits per heavy atom. The fourth-order valence-electron chi connectivity index (χ4n) is 3.97. The number of benzene rings is 2. The molecule has 7 nitrogen and oxygen atoms in total. The molecule has 8 heteroatoms. The lowest BCUT2D eigenvalue weighted by Crippen LogP contribution is -2.29. The Kier molecular flexibility index (Phi) is 6.65. The predicted octanol–water partition coefficient (Wildman–Crippen LogP) is 5.67. The van der Waals surface area contributed by atoms with Crippen LogP contribution >= 0.6 is 11.6 Å². The molecule has 3 aromatic rings. The Hall–Kier alpha value is -3.71. The van der Waals surface area contributed by atoms with E-state index in [9.17, 15) is 14.7 Å². The second-order valence-electron chi connectivity index (χ2n) is 7.62. The number of nitrogens with zero attached hydrogens (tertiary/aromatic N) is 1. The van der Waals surface area contributed by atoms with Gasteiger partial charge in [-0.3, -0.25) is 14.5 Å². The van der Waals surface area contributed by atoms with Crippen molar-refractivity contribution in [2.75, 3.05) is 18.1 Å². The summed E-state index contributed by atoms with van der Waals surface area (Å²) in [6.45, 7) is 6.21. The zero-order chi connectivity index (χ0) is 24.4. The van der Waals surface area contributed by atoms with Gasteiger partial charge in [0.15, 0.2) is 0 Å². The van der Waals surface area contributed by atoms with Crippen molar-refractivity contribution < 1.29 is 28.6 Å². The number of rotatable bonds is 7. The molecule has 2 heterocycles. The van der Waals surface area contributed by atoms with Crippen LogP contribution in [0.15, 0.2) is 64.6 Å². The molecule has 1 aromatic heterocycles. The van der Waals surface area contributed by atoms with Gasteiger partial charge in [-0.05, 0) is 63.2 Å². The molecule has 1 atom stereocenters. The highest BCUT2D eigenvalue weighted by Gasteiger charge is 2.48. The fourth-order valence-corrected chi connectivity index (χ4v) is 4.15. The van der Waals surface area contributed by atoms with Gasteiger partial charge < -0.3 is 19.0 Å². The number of Topliss-reactive ketones (excluding diaryl/α,β-unsaturated/α-hetero) is 1. The number of hydrogen-bond acceptors (Lipinski definition) is 6. The molecule has 1 N–H and O–H groups in total. The van der Waals surface area contributed by atoms with Gasteiger partial charge in [-0.25, -0.2) is 0 Å². The number of aryl methyl sites for hydroxylation is 1. The van der Waals surface area contributed by atoms with E-state index < -0.39 is 17.7 Å². The summed E-state index contributed by atoms with van der Waals surface area (Å²) in [5.74, 6) is -0.188. The van der Waals surface area contributed by atoms with E-state index in [1.807, 2.05) is 6.92 Å². The minimum atomic E-state index is -0.992. The first-order valence-electron chi connectivity index (χ1n) is 10.9. The molecule has 0 bridgehead atoms. The maximum absolute atomic E-state index is 13.3. The van der Waals surface area contributed by atoms with Gasteiger partial charge in [-0.1, -0.05) is 17.7 Å². The highest BCUT2D eigenvalue weighted by atomic mass is 35.5. The molecule has 0 saturated carbocycles. The first kappa shape index (κ1) is 23.4. The van der Waals surface area contributed by atoms with Gasteiger partial charge in [0.1, 0.15) is 34.8 Å². The molecular formula is C26H24ClNO6. The lowest BCUT2D eigenvalue weighted by molar-refractivity contribution is -0.132. The van der Waals surface area contributed by atoms with Crippen molar-refractivity contribution in [2.24, 2.45) is 0 Å². The highest BCUT2D eigenvalue weighted by Crippen LogP contribution is 2.44. The minimum Gasteiger partial charge on any atom is -0.507 e. The van der Waals surface area contributed by atoms with E-state index in [-0.39, 0.29) is 16.9 Å². The molecule has 1 saturated heterocycles. The van der Waals surface area contributed by atoms with Crippen molar-refractivity contribution in [3.63, 3.8) is 0 Å². The number of halogens is 1. The largest absolute Gasteiger partial charge is 0.507 e. The van der Waals surface area contributed by atoms with Crippen LogP contribution in [0.2, 0.25) is 5.02 Å². The number of furan rings is 1. The monoisotopic (exact) mass is 481 g/mol. The number of carbonyl (C=O) groups excluding carboxylic acids is 2. The molecule has 176 valence electrons. The summed E-state index contributed by atoms with van der Waals surface area (Å²) < 4.78 is 17.1. The summed E-state index contributed by atoms with van der Waals surface area (Å²) >= 11 is 6.16. The minimum absolute atomic E-state index is 0.107. The molecule has 0 radical (unpaired) electrons. The Balaban J connectivity index is 1.93. The Morgan fingerprint density at radius 3 is 2.47 bits per heavy atom. The maximum atomic E-state index is 13.3. The van der Waals surface area contributed by atoms with Crippen LogP contribution in [-0.4, -0.2) is 30.0 Å². The Bertz CT molecular complexity index is 1280. The smallest absolute Gasteiger partial charge is 0.300 e. The van der Waals surface area contributed by atoms with Crippen LogP contribution < -0.4 is 14.4 Å². The molecule has 1 aliphatic rings. The van der Waals surface area contributed by atoms with Crippen LogP contribution in [0.5, 0.6) is 11.5 Å². The van der Waals surface area contributed by atoms with Gasteiger partial charge in [0.2, 0.25) is 0 Å². The van der Waals surface area contributed by atoms with Gasteiger partial charge in [-0.15, -0.1) is 0 Å². The normalized spacial score (nSPS) is 17.3. The van der Waals surface area contributed by atoms with Crippen molar-refractivity contribution >= 4 is 34.7 Å². The summed E-state index contributed by atoms with van der Waals surface area (Å²) in [4.78, 5) is 27.8. The molecule has 1 aliphatic heterocycles. The average Bonchev–Trinajstić information content (AvgIpc) is 3.35. The second kappa shape index (κ2) is 9.65. The number of aliphatic hydroxyl groups is 1. The maximum Gasteiger partial charge on any atom is 0.300 e. The van der Waals surface area contributed by atoms with Crippen LogP contribution in [0.25, 0.3) is 5.76 Å². The number of aliphatic hydroxyl groups excluding tert-OH is 1. The van der Waals surface area contributed by atoms with Crippen LogP contribution in [-0.2, 0) is 9.59 Å². The Labute approximate surface area is 202 Å². The summed E-state index contributed by atoms with van der Waals surface area (Å²) in [5, 5.41) is 11.8. The van der Waals surface area contributed by atoms with Gasteiger partial charge >= 0.3 is 0 Å². The van der Waals surface area contributed by atoms with E-state index in [1.165, 1.54) is 4.90 Å². The van der Waals surface area contributed by atoms with E-state index in [4.69, 9.17) is 25.5 Å². The van der Waals surface area contributed by atoms with Crippen molar-refractivity contribution in [1.82, 2.24) is 0 Å². The topological polar surface area (TPSA) is 89.2 Å². The SMILES string of the molecule is CCOc1ccc(/C(O)=C2/C(=O)C(=O)N(c3cccc(Cl)c3)C2c2ccc(C)o2)c(OCC)c1. The molecule has 1 fully saturated rings. The van der Waals surface area contributed by atoms with E-state index in [2.05, 4.69) is 0 Å². The fraction of sp³-hybridized carbons (Fsp3) is 0.231. The zero-order valence-corrected chi connectivity index (χ0v) is 19.8. The number of carbonyl (C=O) groups is 2. The molecule has 34 heavy (non-hydrogen) atoms. The van der Waals surface area contributed by atoms with Crippen LogP contribution in [0.4, 0.5) is 5.69 Å². The lowest BCUT2D eigenvalue weighted by Gasteiger charge is -2.23. The highest BCUT2D eigenvalue weighted by molar-refractivity contribution is 6.51. The zero-order valence-electron chi connectivity index (χ0n) is 19.0. The van der Waals surface area contributed by atoms with E-state index in [1.54, 1.807) is 68.4 Å². The number of hydrogen-bond donors (Lipinski definition) is 1. The molecule has 1 amide bonds. The van der Waals surface area contributed by atoms with Crippen molar-refractivity contribution in [1.29, 1.82) is 0 Å². The van der Waals surface area contributed by atoms with E-state index in [0.717, 1.165) is 0 Å². The second-order valence-corrected chi connectivity index (χ2v) is 8.06. The summed E-state index contributed by atoms with van der Waals surface area (Å²) in [7, 11) is 0. The van der Waals surface area contributed by atoms with Gasteiger partial charge in [0.05, 0.1) is 24.4 Å². The first-order chi connectivity index (χ1) is 16.3. The first-order valence-corrected chi connectivity index (χ1v) is 11.3. The van der Waals surface area contributed by atoms with Crippen LogP contribution in [0.3, 0.4) is 0 Å². The third kappa shape index (κ3) is 4.26. The van der Waals surface area contributed by atoms with E-state index in [0.29, 0.717) is 46.9 Å². The van der Waals surface area contributed by atoms with E-state index >= 15 is 0 Å². The number of anilines is 1. The quantitative estimate of drug-likeness (QED) is 0.266. The van der Waals surface area contributed by atoms with Crippen LogP contribution in [0, 0.1) is 6.92 Å². The average molecular weight is 482 g/mol. The number of ketones is 1. The van der Waals surface area contributed by atoms with Crippen molar-refractivity contribution in [3.8, 4) is 11.5 Å². The molecular weight excluding hydrogens is 458 g/mol. The summed E-state index contributed by atoms with van der Waals surface area (Å²) in [6, 6.07) is 13.9. The standard InChI is InChI=1S/C26H24ClNO6/c1-4-32-18-10-11-19(21(14-18)33-5-2)24(29)22-23(20-12-9-15(3)34-20)28(26(31)25(22)30)17-8-6-7-16(27)13-17/h6-14,23,29H,4-5H2,1-3H3/b24-22-. The van der Waals surface area contributed by atoms with Crippen LogP contribution in [0.1, 0.15) is 37.0 Å². The number of ether oxygens (including phenoxy) is 2. The number of amides is 1. The van der Waals surface area contributed by atoms with Gasteiger partial charge in [0, 0.05) is 16.8 Å². The predicted molar refractivity (Wildman–Crippen MR) is 128 cm³/mol. The van der Waals surface area contributed by atoms with Crippen molar-refractivity contribution in [3.05, 3.63) is 82.3 Å². The molecule has 1 unspecified atom stereocenters. The summed E-state index contributed by atoms with van der Waals surface area (Å²) in [5.41, 5.74) is 0.566. The van der Waals surface area contributed by atoms with Gasteiger partial charge in [0.25, 0.3) is 11.7 Å². The molecule has 0 spiro atoms. The van der Waals surface area contributed by atoms with Gasteiger partial charge in [-0.2, -0.15) is 0 Å². The third-order valence-corrected chi connectivity index (χ3v) is 5.62. The lowest BCUT2D eigenvalue weighted by atomic mass is 9.98. The molecule has 4 rings (SSSR count). The van der Waals surface area contributed by atoms with Crippen molar-refractivity contribution in [2.45, 2.75) is 26.8 Å². The third-order valence-electron chi connectivity index (χ3n) is 5.38. The summed E-state index contributed by atoms with van der Waals surface area (Å²) in [6.07, 6.45) is 0. The molecule has 0 aliphatic carbocycles. The Morgan fingerprint density at radius 1 is 1.06 bits per heavy atom.